The summed E-state index contributed by atoms with van der Waals surface area (Å²) in [6.07, 6.45) is 0. The number of amides is 1. The van der Waals surface area contributed by atoms with Gasteiger partial charge in [0.25, 0.3) is 5.91 Å². The van der Waals surface area contributed by atoms with Crippen molar-refractivity contribution in [2.24, 2.45) is 0 Å². The Balaban J connectivity index is 1.90. The molecule has 0 unspecified atom stereocenters. The van der Waals surface area contributed by atoms with E-state index in [1.54, 1.807) is 42.5 Å². The largest absolute Gasteiger partial charge is 0.465 e. The van der Waals surface area contributed by atoms with Gasteiger partial charge in [0.15, 0.2) is 11.5 Å². The SMILES string of the molecule is COC(=O)c1ccccc1NC(=O)c1cccc2c1OCO2. The molecule has 2 aromatic carbocycles. The van der Waals surface area contributed by atoms with Gasteiger partial charge in [-0.15, -0.1) is 0 Å². The van der Waals surface area contributed by atoms with Crippen LogP contribution >= 0.6 is 0 Å². The summed E-state index contributed by atoms with van der Waals surface area (Å²) in [6.45, 7) is 0.0817. The fourth-order valence-corrected chi connectivity index (χ4v) is 2.18. The number of carbonyl (C=O) groups excluding carboxylic acids is 2. The van der Waals surface area contributed by atoms with Crippen LogP contribution in [-0.4, -0.2) is 25.8 Å². The smallest absolute Gasteiger partial charge is 0.339 e. The lowest BCUT2D eigenvalue weighted by Crippen LogP contribution is -2.16. The second-order valence-corrected chi connectivity index (χ2v) is 4.53. The van der Waals surface area contributed by atoms with Gasteiger partial charge in [0.1, 0.15) is 0 Å². The zero-order valence-electron chi connectivity index (χ0n) is 11.8. The number of esters is 1. The van der Waals surface area contributed by atoms with Crippen molar-refractivity contribution in [3.05, 3.63) is 53.6 Å². The van der Waals surface area contributed by atoms with Crippen LogP contribution in [0, 0.1) is 0 Å². The number of hydrogen-bond donors (Lipinski definition) is 1. The van der Waals surface area contributed by atoms with Crippen LogP contribution in [0.15, 0.2) is 42.5 Å². The van der Waals surface area contributed by atoms with Crippen molar-refractivity contribution >= 4 is 17.6 Å². The molecule has 0 fully saturated rings. The second-order valence-electron chi connectivity index (χ2n) is 4.53. The number of para-hydroxylation sites is 2. The molecule has 0 bridgehead atoms. The predicted octanol–water partition coefficient (Wildman–Crippen LogP) is 2.45. The first kappa shape index (κ1) is 13.9. The Hall–Kier alpha value is -3.02. The number of benzene rings is 2. The molecular formula is C16H13NO5. The molecule has 0 saturated carbocycles. The fraction of sp³-hybridized carbons (Fsp3) is 0.125. The first-order valence-electron chi connectivity index (χ1n) is 6.58. The summed E-state index contributed by atoms with van der Waals surface area (Å²) in [7, 11) is 1.29. The monoisotopic (exact) mass is 299 g/mol. The minimum atomic E-state index is -0.520. The van der Waals surface area contributed by atoms with Gasteiger partial charge in [-0.25, -0.2) is 4.79 Å². The number of fused-ring (bicyclic) bond motifs is 1. The Morgan fingerprint density at radius 3 is 2.64 bits per heavy atom. The molecule has 1 heterocycles. The van der Waals surface area contributed by atoms with Gasteiger partial charge in [0.2, 0.25) is 6.79 Å². The topological polar surface area (TPSA) is 73.9 Å². The third kappa shape index (κ3) is 2.46. The summed E-state index contributed by atoms with van der Waals surface area (Å²) in [5, 5.41) is 2.70. The summed E-state index contributed by atoms with van der Waals surface area (Å²) in [5.74, 6) is 0.0110. The Bertz CT molecular complexity index is 741. The number of nitrogens with one attached hydrogen (secondary N) is 1. The van der Waals surface area contributed by atoms with Gasteiger partial charge >= 0.3 is 5.97 Å². The van der Waals surface area contributed by atoms with Crippen LogP contribution in [0.4, 0.5) is 5.69 Å². The van der Waals surface area contributed by atoms with E-state index in [0.717, 1.165) is 0 Å². The number of ether oxygens (including phenoxy) is 3. The van der Waals surface area contributed by atoms with Gasteiger partial charge in [0.05, 0.1) is 23.9 Å². The lowest BCUT2D eigenvalue weighted by Gasteiger charge is -2.10. The van der Waals surface area contributed by atoms with Gasteiger partial charge in [-0.3, -0.25) is 4.79 Å². The number of rotatable bonds is 3. The van der Waals surface area contributed by atoms with Crippen LogP contribution in [0.1, 0.15) is 20.7 Å². The first-order valence-corrected chi connectivity index (χ1v) is 6.58. The van der Waals surface area contributed by atoms with Crippen LogP contribution in [-0.2, 0) is 4.74 Å². The van der Waals surface area contributed by atoms with Crippen molar-refractivity contribution in [2.45, 2.75) is 0 Å². The summed E-state index contributed by atoms with van der Waals surface area (Å²) >= 11 is 0. The number of anilines is 1. The lowest BCUT2D eigenvalue weighted by molar-refractivity contribution is 0.0602. The molecule has 0 aliphatic carbocycles. The molecule has 1 aliphatic heterocycles. The van der Waals surface area contributed by atoms with E-state index < -0.39 is 11.9 Å². The van der Waals surface area contributed by atoms with Crippen LogP contribution in [0.5, 0.6) is 11.5 Å². The molecular weight excluding hydrogens is 286 g/mol. The van der Waals surface area contributed by atoms with Gasteiger partial charge in [-0.05, 0) is 24.3 Å². The molecule has 0 aromatic heterocycles. The zero-order chi connectivity index (χ0) is 15.5. The van der Waals surface area contributed by atoms with E-state index in [-0.39, 0.29) is 12.4 Å². The Morgan fingerprint density at radius 2 is 1.82 bits per heavy atom. The van der Waals surface area contributed by atoms with E-state index in [4.69, 9.17) is 14.2 Å². The van der Waals surface area contributed by atoms with Crippen LogP contribution < -0.4 is 14.8 Å². The average Bonchev–Trinajstić information content (AvgIpc) is 3.03. The average molecular weight is 299 g/mol. The molecule has 0 atom stereocenters. The lowest BCUT2D eigenvalue weighted by atomic mass is 10.1. The van der Waals surface area contributed by atoms with Crippen molar-refractivity contribution in [1.29, 1.82) is 0 Å². The molecule has 6 heteroatoms. The predicted molar refractivity (Wildman–Crippen MR) is 78.3 cm³/mol. The third-order valence-electron chi connectivity index (χ3n) is 3.22. The quantitative estimate of drug-likeness (QED) is 0.881. The summed E-state index contributed by atoms with van der Waals surface area (Å²) < 4.78 is 15.3. The molecule has 1 N–H and O–H groups in total. The minimum absolute atomic E-state index is 0.0817. The highest BCUT2D eigenvalue weighted by atomic mass is 16.7. The van der Waals surface area contributed by atoms with E-state index in [0.29, 0.717) is 22.7 Å². The fourth-order valence-electron chi connectivity index (χ4n) is 2.18. The van der Waals surface area contributed by atoms with Gasteiger partial charge < -0.3 is 19.5 Å². The second kappa shape index (κ2) is 5.77. The normalized spacial score (nSPS) is 11.9. The Kier molecular flexibility index (Phi) is 3.65. The van der Waals surface area contributed by atoms with E-state index in [9.17, 15) is 9.59 Å². The van der Waals surface area contributed by atoms with Crippen molar-refractivity contribution in [2.75, 3.05) is 19.2 Å². The maximum Gasteiger partial charge on any atom is 0.339 e. The zero-order valence-corrected chi connectivity index (χ0v) is 11.8. The molecule has 3 rings (SSSR count). The van der Waals surface area contributed by atoms with Gasteiger partial charge in [-0.1, -0.05) is 18.2 Å². The van der Waals surface area contributed by atoms with E-state index in [1.165, 1.54) is 7.11 Å². The standard InChI is InChI=1S/C16H13NO5/c1-20-16(19)10-5-2-3-7-12(10)17-15(18)11-6-4-8-13-14(11)22-9-21-13/h2-8H,9H2,1H3,(H,17,18). The molecule has 1 aliphatic rings. The first-order chi connectivity index (χ1) is 10.7. The molecule has 0 radical (unpaired) electrons. The van der Waals surface area contributed by atoms with Gasteiger partial charge in [-0.2, -0.15) is 0 Å². The van der Waals surface area contributed by atoms with Gasteiger partial charge in [0, 0.05) is 0 Å². The molecule has 112 valence electrons. The highest BCUT2D eigenvalue weighted by molar-refractivity contribution is 6.09. The van der Waals surface area contributed by atoms with Crippen molar-refractivity contribution in [3.8, 4) is 11.5 Å². The summed E-state index contributed by atoms with van der Waals surface area (Å²) in [5.41, 5.74) is 0.994. The highest BCUT2D eigenvalue weighted by Gasteiger charge is 2.23. The van der Waals surface area contributed by atoms with Crippen LogP contribution in [0.2, 0.25) is 0 Å². The van der Waals surface area contributed by atoms with Crippen molar-refractivity contribution in [3.63, 3.8) is 0 Å². The molecule has 6 nitrogen and oxygen atoms in total. The Morgan fingerprint density at radius 1 is 1.05 bits per heavy atom. The van der Waals surface area contributed by atoms with Crippen molar-refractivity contribution < 1.29 is 23.8 Å². The summed E-state index contributed by atoms with van der Waals surface area (Å²) in [6, 6.07) is 11.7. The molecule has 1 amide bonds. The van der Waals surface area contributed by atoms with Crippen molar-refractivity contribution in [1.82, 2.24) is 0 Å². The molecule has 2 aromatic rings. The van der Waals surface area contributed by atoms with Crippen LogP contribution in [0.3, 0.4) is 0 Å². The van der Waals surface area contributed by atoms with E-state index in [1.807, 2.05) is 0 Å². The highest BCUT2D eigenvalue weighted by Crippen LogP contribution is 2.35. The maximum absolute atomic E-state index is 12.4. The maximum atomic E-state index is 12.4. The number of methoxy groups -OCH3 is 1. The minimum Gasteiger partial charge on any atom is -0.465 e. The number of carbonyl (C=O) groups is 2. The van der Waals surface area contributed by atoms with Crippen LogP contribution in [0.25, 0.3) is 0 Å². The molecule has 22 heavy (non-hydrogen) atoms. The van der Waals surface area contributed by atoms with E-state index in [2.05, 4.69) is 5.32 Å². The third-order valence-corrected chi connectivity index (χ3v) is 3.22. The van der Waals surface area contributed by atoms with E-state index >= 15 is 0 Å². The molecule has 0 saturated heterocycles. The summed E-state index contributed by atoms with van der Waals surface area (Å²) in [4.78, 5) is 24.2. The molecule has 0 spiro atoms. The Labute approximate surface area is 126 Å². The number of hydrogen-bond acceptors (Lipinski definition) is 5.